The summed E-state index contributed by atoms with van der Waals surface area (Å²) >= 11 is 3.46. The number of nitrogens with two attached hydrogens (primary N) is 2. The lowest BCUT2D eigenvalue weighted by atomic mass is 10.2. The molecule has 5 rings (SSSR count). The van der Waals surface area contributed by atoms with Crippen molar-refractivity contribution in [2.45, 2.75) is 0 Å². The van der Waals surface area contributed by atoms with E-state index in [9.17, 15) is 4.79 Å². The number of nitrogen functional groups attached to an aromatic ring is 2. The summed E-state index contributed by atoms with van der Waals surface area (Å²) in [7, 11) is 0. The van der Waals surface area contributed by atoms with Gasteiger partial charge in [0.05, 0.1) is 17.6 Å². The molecule has 4 N–H and O–H groups in total. The van der Waals surface area contributed by atoms with E-state index in [4.69, 9.17) is 16.5 Å². The van der Waals surface area contributed by atoms with Gasteiger partial charge in [-0.1, -0.05) is 34.1 Å². The molecule has 0 amide bonds. The van der Waals surface area contributed by atoms with Crippen molar-refractivity contribution in [3.63, 3.8) is 0 Å². The fourth-order valence-corrected chi connectivity index (χ4v) is 3.73. The molecule has 31 heavy (non-hydrogen) atoms. The quantitative estimate of drug-likeness (QED) is 0.383. The number of fused-ring (bicyclic) bond motifs is 1. The Morgan fingerprint density at radius 2 is 1.58 bits per heavy atom. The first-order chi connectivity index (χ1) is 15.0. The van der Waals surface area contributed by atoms with Crippen LogP contribution < -0.4 is 17.0 Å². The zero-order valence-electron chi connectivity index (χ0n) is 16.2. The predicted octanol–water partition coefficient (Wildman–Crippen LogP) is 4.17. The molecule has 0 bridgehead atoms. The zero-order chi connectivity index (χ0) is 21.5. The highest BCUT2D eigenvalue weighted by molar-refractivity contribution is 9.10. The maximum Gasteiger partial charge on any atom is 0.269 e. The van der Waals surface area contributed by atoms with E-state index in [-0.39, 0.29) is 5.56 Å². The summed E-state index contributed by atoms with van der Waals surface area (Å²) < 4.78 is 4.14. The Morgan fingerprint density at radius 3 is 2.29 bits per heavy atom. The molecule has 152 valence electrons. The average Bonchev–Trinajstić information content (AvgIpc) is 3.20. The monoisotopic (exact) mass is 472 g/mol. The van der Waals surface area contributed by atoms with Crippen molar-refractivity contribution < 1.29 is 0 Å². The molecule has 0 saturated heterocycles. The van der Waals surface area contributed by atoms with Gasteiger partial charge in [0, 0.05) is 21.4 Å². The summed E-state index contributed by atoms with van der Waals surface area (Å²) in [5.74, 6) is 0.500. The Kier molecular flexibility index (Phi) is 4.56. The number of aromatic nitrogens is 4. The van der Waals surface area contributed by atoms with Gasteiger partial charge in [0.2, 0.25) is 0 Å². The molecule has 0 unspecified atom stereocenters. The first-order valence-corrected chi connectivity index (χ1v) is 10.3. The van der Waals surface area contributed by atoms with Gasteiger partial charge in [-0.3, -0.25) is 9.36 Å². The molecule has 3 aromatic carbocycles. The molecule has 0 radical (unpaired) electrons. The minimum absolute atomic E-state index is 0.220. The van der Waals surface area contributed by atoms with Crippen LogP contribution in [0, 0.1) is 0 Å². The molecule has 5 aromatic rings. The molecular formula is C23H17BrN6O. The molecule has 0 spiro atoms. The Labute approximate surface area is 185 Å². The predicted molar refractivity (Wildman–Crippen MR) is 126 cm³/mol. The van der Waals surface area contributed by atoms with E-state index in [1.54, 1.807) is 45.6 Å². The van der Waals surface area contributed by atoms with E-state index in [1.165, 1.54) is 6.20 Å². The second kappa shape index (κ2) is 7.41. The maximum absolute atomic E-state index is 13.6. The van der Waals surface area contributed by atoms with E-state index in [2.05, 4.69) is 21.0 Å². The lowest BCUT2D eigenvalue weighted by Gasteiger charge is -2.14. The van der Waals surface area contributed by atoms with Gasteiger partial charge in [-0.05, 0) is 54.6 Å². The highest BCUT2D eigenvalue weighted by atomic mass is 79.9. The van der Waals surface area contributed by atoms with Gasteiger partial charge in [-0.25, -0.2) is 9.67 Å². The minimum atomic E-state index is -0.220. The Balaban J connectivity index is 1.84. The van der Waals surface area contributed by atoms with Crippen molar-refractivity contribution in [2.24, 2.45) is 0 Å². The van der Waals surface area contributed by atoms with Crippen LogP contribution in [0.2, 0.25) is 0 Å². The van der Waals surface area contributed by atoms with Gasteiger partial charge in [0.15, 0.2) is 5.65 Å². The summed E-state index contributed by atoms with van der Waals surface area (Å²) in [6.07, 6.45) is 1.53. The van der Waals surface area contributed by atoms with Crippen LogP contribution in [-0.4, -0.2) is 19.3 Å². The molecule has 8 heteroatoms. The molecule has 0 saturated carbocycles. The SMILES string of the molecule is Nc1ccc(-n2c(-c3ccc(Br)cc3)nc3c(cnn3-c3cccc(N)c3)c2=O)cc1. The molecule has 7 nitrogen and oxygen atoms in total. The Morgan fingerprint density at radius 1 is 0.839 bits per heavy atom. The highest BCUT2D eigenvalue weighted by Crippen LogP contribution is 2.25. The van der Waals surface area contributed by atoms with Gasteiger partial charge in [0.25, 0.3) is 5.56 Å². The lowest BCUT2D eigenvalue weighted by molar-refractivity contribution is 0.889. The summed E-state index contributed by atoms with van der Waals surface area (Å²) in [6, 6.07) is 22.0. The molecule has 2 heterocycles. The average molecular weight is 473 g/mol. The maximum atomic E-state index is 13.6. The van der Waals surface area contributed by atoms with Crippen LogP contribution in [0.4, 0.5) is 11.4 Å². The molecule has 0 aliphatic carbocycles. The summed E-state index contributed by atoms with van der Waals surface area (Å²) in [5.41, 5.74) is 15.4. The number of nitrogens with zero attached hydrogens (tertiary/aromatic N) is 4. The van der Waals surface area contributed by atoms with E-state index in [0.717, 1.165) is 15.7 Å². The minimum Gasteiger partial charge on any atom is -0.399 e. The smallest absolute Gasteiger partial charge is 0.269 e. The largest absolute Gasteiger partial charge is 0.399 e. The Bertz CT molecular complexity index is 1470. The molecule has 0 aliphatic rings. The fraction of sp³-hybridized carbons (Fsp3) is 0. The Hall–Kier alpha value is -3.91. The summed E-state index contributed by atoms with van der Waals surface area (Å²) in [6.45, 7) is 0. The standard InChI is InChI=1S/C23H17BrN6O/c24-15-6-4-14(5-7-15)21-28-22-20(13-27-30(22)19-3-1-2-17(26)12-19)23(31)29(21)18-10-8-16(25)9-11-18/h1-13H,25-26H2. The van der Waals surface area contributed by atoms with Crippen LogP contribution in [0.1, 0.15) is 0 Å². The highest BCUT2D eigenvalue weighted by Gasteiger charge is 2.18. The first kappa shape index (κ1) is 19.1. The zero-order valence-corrected chi connectivity index (χ0v) is 17.8. The van der Waals surface area contributed by atoms with Gasteiger partial charge in [-0.2, -0.15) is 5.10 Å². The van der Waals surface area contributed by atoms with Crippen molar-refractivity contribution in [2.75, 3.05) is 11.5 Å². The molecule has 0 fully saturated rings. The van der Waals surface area contributed by atoms with E-state index in [0.29, 0.717) is 33.9 Å². The topological polar surface area (TPSA) is 105 Å². The van der Waals surface area contributed by atoms with Crippen LogP contribution in [0.3, 0.4) is 0 Å². The van der Waals surface area contributed by atoms with Gasteiger partial charge >= 0.3 is 0 Å². The van der Waals surface area contributed by atoms with Crippen LogP contribution >= 0.6 is 15.9 Å². The molecule has 0 aliphatic heterocycles. The van der Waals surface area contributed by atoms with Crippen LogP contribution in [0.5, 0.6) is 0 Å². The molecule has 2 aromatic heterocycles. The third-order valence-electron chi connectivity index (χ3n) is 4.97. The summed E-state index contributed by atoms with van der Waals surface area (Å²) in [4.78, 5) is 18.5. The van der Waals surface area contributed by atoms with Gasteiger partial charge < -0.3 is 11.5 Å². The van der Waals surface area contributed by atoms with Crippen LogP contribution in [-0.2, 0) is 0 Å². The van der Waals surface area contributed by atoms with Crippen molar-refractivity contribution in [1.29, 1.82) is 0 Å². The fourth-order valence-electron chi connectivity index (χ4n) is 3.47. The number of anilines is 2. The van der Waals surface area contributed by atoms with E-state index in [1.807, 2.05) is 36.4 Å². The number of benzene rings is 3. The van der Waals surface area contributed by atoms with Gasteiger partial charge in [-0.15, -0.1) is 0 Å². The number of hydrogen-bond donors (Lipinski definition) is 2. The van der Waals surface area contributed by atoms with E-state index < -0.39 is 0 Å². The van der Waals surface area contributed by atoms with E-state index >= 15 is 0 Å². The second-order valence-corrected chi connectivity index (χ2v) is 7.98. The normalized spacial score (nSPS) is 11.1. The van der Waals surface area contributed by atoms with Crippen LogP contribution in [0.15, 0.2) is 88.3 Å². The number of halogens is 1. The molecule has 0 atom stereocenters. The van der Waals surface area contributed by atoms with Crippen molar-refractivity contribution in [3.8, 4) is 22.8 Å². The summed E-state index contributed by atoms with van der Waals surface area (Å²) in [5, 5.41) is 4.83. The van der Waals surface area contributed by atoms with Gasteiger partial charge in [0.1, 0.15) is 11.2 Å². The van der Waals surface area contributed by atoms with Crippen molar-refractivity contribution in [1.82, 2.24) is 19.3 Å². The first-order valence-electron chi connectivity index (χ1n) is 9.50. The number of rotatable bonds is 3. The second-order valence-electron chi connectivity index (χ2n) is 7.06. The molecular weight excluding hydrogens is 456 g/mol. The van der Waals surface area contributed by atoms with Crippen LogP contribution in [0.25, 0.3) is 33.8 Å². The number of hydrogen-bond acceptors (Lipinski definition) is 5. The lowest BCUT2D eigenvalue weighted by Crippen LogP contribution is -2.22. The van der Waals surface area contributed by atoms with Crippen molar-refractivity contribution >= 4 is 38.3 Å². The van der Waals surface area contributed by atoms with Crippen molar-refractivity contribution in [3.05, 3.63) is 93.8 Å². The third kappa shape index (κ3) is 3.36. The third-order valence-corrected chi connectivity index (χ3v) is 5.50.